The van der Waals surface area contributed by atoms with Crippen LogP contribution >= 0.6 is 0 Å². The van der Waals surface area contributed by atoms with Gasteiger partial charge >= 0.3 is 0 Å². The predicted molar refractivity (Wildman–Crippen MR) is 93.6 cm³/mol. The minimum absolute atomic E-state index is 0.297. The molecule has 1 N–H and O–H groups in total. The molecule has 5 nitrogen and oxygen atoms in total. The van der Waals surface area contributed by atoms with Gasteiger partial charge in [0.2, 0.25) is 0 Å². The maximum absolute atomic E-state index is 13.2. The first-order valence-corrected chi connectivity index (χ1v) is 7.95. The maximum atomic E-state index is 13.2. The molecule has 0 unspecified atom stereocenters. The second kappa shape index (κ2) is 6.68. The first kappa shape index (κ1) is 15.3. The summed E-state index contributed by atoms with van der Waals surface area (Å²) in [5.41, 5.74) is 2.99. The molecule has 0 bridgehead atoms. The molecule has 0 atom stereocenters. The van der Waals surface area contributed by atoms with Crippen molar-refractivity contribution >= 4 is 16.9 Å². The number of nitrogens with one attached hydrogen (secondary N) is 1. The summed E-state index contributed by atoms with van der Waals surface area (Å²) in [5, 5.41) is 8.10. The van der Waals surface area contributed by atoms with Crippen molar-refractivity contribution in [3.05, 3.63) is 72.3 Å². The van der Waals surface area contributed by atoms with Crippen LogP contribution in [0, 0.1) is 5.82 Å². The summed E-state index contributed by atoms with van der Waals surface area (Å²) in [6.45, 7) is 0.712. The molecule has 2 aromatic carbocycles. The zero-order valence-electron chi connectivity index (χ0n) is 13.3. The number of rotatable bonds is 5. The number of aromatic nitrogens is 3. The number of halogens is 1. The first-order chi connectivity index (χ1) is 12.3. The van der Waals surface area contributed by atoms with Crippen LogP contribution in [0.25, 0.3) is 22.4 Å². The minimum atomic E-state index is -0.297. The lowest BCUT2D eigenvalue weighted by Gasteiger charge is -2.07. The average molecular weight is 334 g/mol. The molecular weight excluding hydrogens is 319 g/mol. The van der Waals surface area contributed by atoms with Gasteiger partial charge in [-0.2, -0.15) is 4.98 Å². The lowest BCUT2D eigenvalue weighted by atomic mass is 10.1. The third kappa shape index (κ3) is 3.19. The molecule has 0 amide bonds. The lowest BCUT2D eigenvalue weighted by molar-refractivity contribution is 0.451. The normalized spacial score (nSPS) is 10.9. The molecule has 0 fully saturated rings. The Labute approximate surface area is 143 Å². The number of fused-ring (bicyclic) bond motifs is 1. The minimum Gasteiger partial charge on any atom is -0.369 e. The van der Waals surface area contributed by atoms with Gasteiger partial charge in [-0.05, 0) is 36.2 Å². The van der Waals surface area contributed by atoms with Gasteiger partial charge in [-0.3, -0.25) is 0 Å². The number of anilines is 1. The fraction of sp³-hybridized carbons (Fsp3) is 0.105. The van der Waals surface area contributed by atoms with Gasteiger partial charge in [0.05, 0.1) is 0 Å². The topological polar surface area (TPSA) is 63.8 Å². The van der Waals surface area contributed by atoms with Crippen LogP contribution in [0.3, 0.4) is 0 Å². The van der Waals surface area contributed by atoms with Gasteiger partial charge in [0, 0.05) is 12.1 Å². The number of nitrogens with zero attached hydrogens (tertiary/aromatic N) is 3. The fourth-order valence-electron chi connectivity index (χ4n) is 2.70. The van der Waals surface area contributed by atoms with Gasteiger partial charge in [0.15, 0.2) is 0 Å². The fourth-order valence-corrected chi connectivity index (χ4v) is 2.70. The second-order valence-corrected chi connectivity index (χ2v) is 5.60. The molecule has 2 heterocycles. The molecule has 0 aliphatic rings. The Balaban J connectivity index is 1.62. The Hall–Kier alpha value is -3.28. The SMILES string of the molecule is Fc1ccc(-c2noc3ncnc(NCCc4ccccc4)c23)cc1. The summed E-state index contributed by atoms with van der Waals surface area (Å²) in [5.74, 6) is 0.357. The van der Waals surface area contributed by atoms with E-state index in [9.17, 15) is 4.39 Å². The van der Waals surface area contributed by atoms with Crippen LogP contribution in [0.1, 0.15) is 5.56 Å². The molecule has 0 spiro atoms. The molecule has 0 aliphatic carbocycles. The third-order valence-corrected chi connectivity index (χ3v) is 3.94. The Bertz CT molecular complexity index is 983. The van der Waals surface area contributed by atoms with Gasteiger partial charge in [-0.25, -0.2) is 9.37 Å². The summed E-state index contributed by atoms with van der Waals surface area (Å²) < 4.78 is 18.5. The van der Waals surface area contributed by atoms with Crippen molar-refractivity contribution in [2.75, 3.05) is 11.9 Å². The van der Waals surface area contributed by atoms with Crippen molar-refractivity contribution in [2.24, 2.45) is 0 Å². The monoisotopic (exact) mass is 334 g/mol. The number of benzene rings is 2. The van der Waals surface area contributed by atoms with Gasteiger partial charge < -0.3 is 9.84 Å². The van der Waals surface area contributed by atoms with Gasteiger partial charge in [-0.1, -0.05) is 35.5 Å². The van der Waals surface area contributed by atoms with E-state index < -0.39 is 0 Å². The largest absolute Gasteiger partial charge is 0.369 e. The van der Waals surface area contributed by atoms with Crippen molar-refractivity contribution in [3.8, 4) is 11.3 Å². The predicted octanol–water partition coefficient (Wildman–Crippen LogP) is 4.08. The van der Waals surface area contributed by atoms with Crippen LogP contribution in [0.2, 0.25) is 0 Å². The van der Waals surface area contributed by atoms with E-state index in [1.165, 1.54) is 24.0 Å². The Kier molecular flexibility index (Phi) is 4.08. The van der Waals surface area contributed by atoms with Crippen LogP contribution in [-0.4, -0.2) is 21.7 Å². The van der Waals surface area contributed by atoms with E-state index in [1.807, 2.05) is 18.2 Å². The van der Waals surface area contributed by atoms with Crippen LogP contribution in [0.15, 0.2) is 65.4 Å². The quantitative estimate of drug-likeness (QED) is 0.596. The van der Waals surface area contributed by atoms with Crippen LogP contribution in [0.4, 0.5) is 10.2 Å². The highest BCUT2D eigenvalue weighted by Crippen LogP contribution is 2.31. The van der Waals surface area contributed by atoms with Crippen LogP contribution in [-0.2, 0) is 6.42 Å². The van der Waals surface area contributed by atoms with Crippen molar-refractivity contribution in [2.45, 2.75) is 6.42 Å². The summed E-state index contributed by atoms with van der Waals surface area (Å²) in [6.07, 6.45) is 2.30. The molecule has 124 valence electrons. The Morgan fingerprint density at radius 2 is 1.76 bits per heavy atom. The van der Waals surface area contributed by atoms with E-state index in [0.717, 1.165) is 12.0 Å². The van der Waals surface area contributed by atoms with Gasteiger partial charge in [0.1, 0.15) is 29.0 Å². The van der Waals surface area contributed by atoms with Crippen molar-refractivity contribution in [3.63, 3.8) is 0 Å². The smallest absolute Gasteiger partial charge is 0.263 e. The highest BCUT2D eigenvalue weighted by molar-refractivity contribution is 5.97. The van der Waals surface area contributed by atoms with Crippen molar-refractivity contribution in [1.29, 1.82) is 0 Å². The maximum Gasteiger partial charge on any atom is 0.263 e. The molecule has 0 radical (unpaired) electrons. The van der Waals surface area contributed by atoms with E-state index in [4.69, 9.17) is 4.52 Å². The zero-order chi connectivity index (χ0) is 17.1. The molecule has 6 heteroatoms. The Morgan fingerprint density at radius 3 is 2.56 bits per heavy atom. The zero-order valence-corrected chi connectivity index (χ0v) is 13.3. The molecule has 25 heavy (non-hydrogen) atoms. The molecule has 2 aromatic heterocycles. The second-order valence-electron chi connectivity index (χ2n) is 5.60. The standard InChI is InChI=1S/C19H15FN4O/c20-15-8-6-14(7-9-15)17-16-18(22-12-23-19(16)25-24-17)21-11-10-13-4-2-1-3-5-13/h1-9,12H,10-11H2,(H,21,22,23). The summed E-state index contributed by atoms with van der Waals surface area (Å²) in [7, 11) is 0. The van der Waals surface area contributed by atoms with Gasteiger partial charge in [-0.15, -0.1) is 0 Å². The van der Waals surface area contributed by atoms with Crippen LogP contribution in [0.5, 0.6) is 0 Å². The molecular formula is C19H15FN4O. The highest BCUT2D eigenvalue weighted by Gasteiger charge is 2.16. The molecule has 4 rings (SSSR count). The lowest BCUT2D eigenvalue weighted by Crippen LogP contribution is -2.07. The average Bonchev–Trinajstić information content (AvgIpc) is 3.08. The van der Waals surface area contributed by atoms with Crippen molar-refractivity contribution < 1.29 is 8.91 Å². The van der Waals surface area contributed by atoms with Gasteiger partial charge in [0.25, 0.3) is 5.71 Å². The highest BCUT2D eigenvalue weighted by atomic mass is 19.1. The van der Waals surface area contributed by atoms with E-state index in [2.05, 4.69) is 32.6 Å². The van der Waals surface area contributed by atoms with Crippen molar-refractivity contribution in [1.82, 2.24) is 15.1 Å². The summed E-state index contributed by atoms with van der Waals surface area (Å²) in [6, 6.07) is 16.3. The third-order valence-electron chi connectivity index (χ3n) is 3.94. The molecule has 0 aliphatic heterocycles. The van der Waals surface area contributed by atoms with E-state index in [1.54, 1.807) is 12.1 Å². The summed E-state index contributed by atoms with van der Waals surface area (Å²) in [4.78, 5) is 8.44. The molecule has 0 saturated heterocycles. The summed E-state index contributed by atoms with van der Waals surface area (Å²) >= 11 is 0. The number of hydrogen-bond donors (Lipinski definition) is 1. The molecule has 4 aromatic rings. The number of hydrogen-bond acceptors (Lipinski definition) is 5. The van der Waals surface area contributed by atoms with E-state index in [0.29, 0.717) is 29.2 Å². The first-order valence-electron chi connectivity index (χ1n) is 7.95. The van der Waals surface area contributed by atoms with E-state index >= 15 is 0 Å². The van der Waals surface area contributed by atoms with E-state index in [-0.39, 0.29) is 5.82 Å². The molecule has 0 saturated carbocycles. The van der Waals surface area contributed by atoms with Crippen LogP contribution < -0.4 is 5.32 Å². The Morgan fingerprint density at radius 1 is 0.960 bits per heavy atom.